The SMILES string of the molecule is CCCNC(=O)c1cccc(NC2CCOC2C)c1. The molecule has 4 nitrogen and oxygen atoms in total. The minimum Gasteiger partial charge on any atom is -0.380 e. The van der Waals surface area contributed by atoms with E-state index in [1.54, 1.807) is 0 Å². The Morgan fingerprint density at radius 2 is 2.32 bits per heavy atom. The van der Waals surface area contributed by atoms with Crippen LogP contribution in [0.15, 0.2) is 24.3 Å². The van der Waals surface area contributed by atoms with E-state index in [2.05, 4.69) is 17.6 Å². The van der Waals surface area contributed by atoms with Crippen molar-refractivity contribution < 1.29 is 9.53 Å². The topological polar surface area (TPSA) is 50.4 Å². The second kappa shape index (κ2) is 6.57. The molecule has 1 aliphatic heterocycles. The van der Waals surface area contributed by atoms with Gasteiger partial charge in [-0.1, -0.05) is 13.0 Å². The first kappa shape index (κ1) is 13.9. The van der Waals surface area contributed by atoms with Crippen molar-refractivity contribution in [3.05, 3.63) is 29.8 Å². The third-order valence-electron chi connectivity index (χ3n) is 3.39. The van der Waals surface area contributed by atoms with Crippen LogP contribution in [0.5, 0.6) is 0 Å². The fourth-order valence-corrected chi connectivity index (χ4v) is 2.23. The summed E-state index contributed by atoms with van der Waals surface area (Å²) in [4.78, 5) is 11.9. The van der Waals surface area contributed by atoms with Gasteiger partial charge in [-0.15, -0.1) is 0 Å². The third kappa shape index (κ3) is 3.70. The number of amides is 1. The lowest BCUT2D eigenvalue weighted by molar-refractivity contribution is 0.0953. The van der Waals surface area contributed by atoms with Crippen LogP contribution >= 0.6 is 0 Å². The van der Waals surface area contributed by atoms with Crippen LogP contribution in [-0.2, 0) is 4.74 Å². The minimum atomic E-state index is -0.0128. The van der Waals surface area contributed by atoms with Crippen LogP contribution in [0.2, 0.25) is 0 Å². The summed E-state index contributed by atoms with van der Waals surface area (Å²) in [5.41, 5.74) is 1.68. The van der Waals surface area contributed by atoms with Gasteiger partial charge in [0.05, 0.1) is 12.1 Å². The molecule has 2 rings (SSSR count). The minimum absolute atomic E-state index is 0.0128. The molecule has 1 saturated heterocycles. The van der Waals surface area contributed by atoms with Gasteiger partial charge in [-0.05, 0) is 38.0 Å². The van der Waals surface area contributed by atoms with Crippen LogP contribution in [0.25, 0.3) is 0 Å². The maximum atomic E-state index is 11.9. The molecule has 1 aromatic carbocycles. The molecule has 1 aliphatic rings. The molecule has 2 atom stereocenters. The van der Waals surface area contributed by atoms with Crippen LogP contribution in [0.4, 0.5) is 5.69 Å². The lowest BCUT2D eigenvalue weighted by Gasteiger charge is -2.17. The van der Waals surface area contributed by atoms with E-state index in [0.29, 0.717) is 18.2 Å². The number of anilines is 1. The van der Waals surface area contributed by atoms with Crippen LogP contribution < -0.4 is 10.6 Å². The summed E-state index contributed by atoms with van der Waals surface area (Å²) < 4.78 is 5.53. The molecule has 1 aromatic rings. The van der Waals surface area contributed by atoms with Gasteiger partial charge in [0.2, 0.25) is 0 Å². The van der Waals surface area contributed by atoms with Crippen molar-refractivity contribution in [2.45, 2.75) is 38.8 Å². The number of rotatable bonds is 5. The monoisotopic (exact) mass is 262 g/mol. The van der Waals surface area contributed by atoms with Crippen molar-refractivity contribution in [1.82, 2.24) is 5.32 Å². The van der Waals surface area contributed by atoms with Gasteiger partial charge in [0.1, 0.15) is 0 Å². The number of hydrogen-bond acceptors (Lipinski definition) is 3. The van der Waals surface area contributed by atoms with Gasteiger partial charge < -0.3 is 15.4 Å². The molecule has 104 valence electrons. The Kier molecular flexibility index (Phi) is 4.80. The summed E-state index contributed by atoms with van der Waals surface area (Å²) in [7, 11) is 0. The molecule has 1 fully saturated rings. The first-order chi connectivity index (χ1) is 9.20. The molecule has 19 heavy (non-hydrogen) atoms. The van der Waals surface area contributed by atoms with E-state index < -0.39 is 0 Å². The van der Waals surface area contributed by atoms with Gasteiger partial charge in [-0.25, -0.2) is 0 Å². The summed E-state index contributed by atoms with van der Waals surface area (Å²) in [6.07, 6.45) is 2.17. The van der Waals surface area contributed by atoms with Gasteiger partial charge in [0.25, 0.3) is 5.91 Å². The highest BCUT2D eigenvalue weighted by atomic mass is 16.5. The predicted molar refractivity (Wildman–Crippen MR) is 76.5 cm³/mol. The Morgan fingerprint density at radius 1 is 1.47 bits per heavy atom. The number of carbonyl (C=O) groups is 1. The lowest BCUT2D eigenvalue weighted by atomic mass is 10.1. The average molecular weight is 262 g/mol. The zero-order valence-corrected chi connectivity index (χ0v) is 11.6. The molecule has 1 amide bonds. The summed E-state index contributed by atoms with van der Waals surface area (Å²) in [6, 6.07) is 7.96. The Morgan fingerprint density at radius 3 is 3.00 bits per heavy atom. The molecule has 0 bridgehead atoms. The van der Waals surface area contributed by atoms with Crippen LogP contribution in [-0.4, -0.2) is 31.2 Å². The largest absolute Gasteiger partial charge is 0.380 e. The Balaban J connectivity index is 2.00. The van der Waals surface area contributed by atoms with E-state index in [4.69, 9.17) is 4.74 Å². The Hall–Kier alpha value is -1.55. The molecule has 0 aromatic heterocycles. The third-order valence-corrected chi connectivity index (χ3v) is 3.39. The zero-order valence-electron chi connectivity index (χ0n) is 11.6. The van der Waals surface area contributed by atoms with Crippen molar-refractivity contribution in [2.75, 3.05) is 18.5 Å². The smallest absolute Gasteiger partial charge is 0.251 e. The summed E-state index contributed by atoms with van der Waals surface area (Å²) in [5.74, 6) is -0.0128. The molecule has 0 saturated carbocycles. The number of hydrogen-bond donors (Lipinski definition) is 2. The van der Waals surface area contributed by atoms with E-state index in [1.807, 2.05) is 31.2 Å². The van der Waals surface area contributed by atoms with Crippen LogP contribution in [0, 0.1) is 0 Å². The second-order valence-electron chi connectivity index (χ2n) is 4.95. The van der Waals surface area contributed by atoms with Crippen LogP contribution in [0.1, 0.15) is 37.0 Å². The van der Waals surface area contributed by atoms with E-state index in [1.165, 1.54) is 0 Å². The zero-order chi connectivity index (χ0) is 13.7. The normalized spacial score (nSPS) is 22.2. The van der Waals surface area contributed by atoms with Crippen molar-refractivity contribution >= 4 is 11.6 Å². The van der Waals surface area contributed by atoms with E-state index >= 15 is 0 Å². The molecule has 0 spiro atoms. The van der Waals surface area contributed by atoms with Gasteiger partial charge in [-0.3, -0.25) is 4.79 Å². The Labute approximate surface area is 114 Å². The molecule has 2 unspecified atom stereocenters. The first-order valence-electron chi connectivity index (χ1n) is 6.97. The van der Waals surface area contributed by atoms with Crippen molar-refractivity contribution in [2.24, 2.45) is 0 Å². The molecule has 0 radical (unpaired) electrons. The fraction of sp³-hybridized carbons (Fsp3) is 0.533. The van der Waals surface area contributed by atoms with Crippen LogP contribution in [0.3, 0.4) is 0 Å². The van der Waals surface area contributed by atoms with E-state index in [-0.39, 0.29) is 12.0 Å². The van der Waals surface area contributed by atoms with Gasteiger partial charge in [0.15, 0.2) is 0 Å². The van der Waals surface area contributed by atoms with Crippen molar-refractivity contribution in [3.63, 3.8) is 0 Å². The number of benzene rings is 1. The van der Waals surface area contributed by atoms with Gasteiger partial charge in [-0.2, -0.15) is 0 Å². The van der Waals surface area contributed by atoms with Crippen molar-refractivity contribution in [3.8, 4) is 0 Å². The summed E-state index contributed by atoms with van der Waals surface area (Å²) in [5, 5.41) is 6.32. The number of nitrogens with one attached hydrogen (secondary N) is 2. The van der Waals surface area contributed by atoms with Gasteiger partial charge >= 0.3 is 0 Å². The summed E-state index contributed by atoms with van der Waals surface area (Å²) >= 11 is 0. The Bertz CT molecular complexity index is 434. The quantitative estimate of drug-likeness (QED) is 0.856. The highest BCUT2D eigenvalue weighted by Crippen LogP contribution is 2.19. The predicted octanol–water partition coefficient (Wildman–Crippen LogP) is 2.42. The number of ether oxygens (including phenoxy) is 1. The average Bonchev–Trinajstić information content (AvgIpc) is 2.82. The number of carbonyl (C=O) groups excluding carboxylic acids is 1. The van der Waals surface area contributed by atoms with Crippen molar-refractivity contribution in [1.29, 1.82) is 0 Å². The highest BCUT2D eigenvalue weighted by Gasteiger charge is 2.23. The fourth-order valence-electron chi connectivity index (χ4n) is 2.23. The standard InChI is InChI=1S/C15H22N2O2/c1-3-8-16-15(18)12-5-4-6-13(10-12)17-14-7-9-19-11(14)2/h4-6,10-11,14,17H,3,7-9H2,1-2H3,(H,16,18). The molecular formula is C15H22N2O2. The highest BCUT2D eigenvalue weighted by molar-refractivity contribution is 5.95. The first-order valence-corrected chi connectivity index (χ1v) is 6.97. The molecule has 1 heterocycles. The molecule has 4 heteroatoms. The summed E-state index contributed by atoms with van der Waals surface area (Å²) in [6.45, 7) is 5.63. The molecule has 0 aliphatic carbocycles. The second-order valence-corrected chi connectivity index (χ2v) is 4.95. The van der Waals surface area contributed by atoms with E-state index in [0.717, 1.165) is 25.1 Å². The lowest BCUT2D eigenvalue weighted by Crippen LogP contribution is -2.27. The molecular weight excluding hydrogens is 240 g/mol. The maximum Gasteiger partial charge on any atom is 0.251 e. The maximum absolute atomic E-state index is 11.9. The molecule has 2 N–H and O–H groups in total. The van der Waals surface area contributed by atoms with Gasteiger partial charge in [0, 0.05) is 24.4 Å². The van der Waals surface area contributed by atoms with E-state index in [9.17, 15) is 4.79 Å².